The molecule has 0 saturated carbocycles. The minimum atomic E-state index is -1.81. The van der Waals surface area contributed by atoms with E-state index in [1.54, 1.807) is 0 Å². The van der Waals surface area contributed by atoms with E-state index in [9.17, 15) is 23.8 Å². The predicted molar refractivity (Wildman–Crippen MR) is 62.1 cm³/mol. The van der Waals surface area contributed by atoms with E-state index in [0.717, 1.165) is 11.8 Å². The summed E-state index contributed by atoms with van der Waals surface area (Å²) < 4.78 is 26.8. The van der Waals surface area contributed by atoms with Crippen LogP contribution in [0.5, 0.6) is 5.75 Å². The van der Waals surface area contributed by atoms with Crippen LogP contribution < -0.4 is 0 Å². The maximum absolute atomic E-state index is 13.4. The number of phenolic OH excluding ortho intramolecular Hbond substituents is 1. The van der Waals surface area contributed by atoms with E-state index in [2.05, 4.69) is 0 Å². The van der Waals surface area contributed by atoms with Crippen molar-refractivity contribution in [3.63, 3.8) is 0 Å². The minimum absolute atomic E-state index is 0.184. The molecule has 0 aliphatic carbocycles. The molecular weight excluding hydrogens is 266 g/mol. The molecule has 0 aliphatic rings. The van der Waals surface area contributed by atoms with Gasteiger partial charge in [0.25, 0.3) is 0 Å². The molecule has 2 atom stereocenters. The highest BCUT2D eigenvalue weighted by Gasteiger charge is 2.26. The molecule has 0 aliphatic heterocycles. The molecular formula is C11H12F2O4S. The van der Waals surface area contributed by atoms with Gasteiger partial charge in [0.1, 0.15) is 23.5 Å². The summed E-state index contributed by atoms with van der Waals surface area (Å²) in [6, 6.07) is 1.26. The van der Waals surface area contributed by atoms with Crippen molar-refractivity contribution in [1.82, 2.24) is 0 Å². The molecule has 0 radical (unpaired) electrons. The zero-order valence-electron chi connectivity index (χ0n) is 9.43. The fourth-order valence-corrected chi connectivity index (χ4v) is 1.93. The third kappa shape index (κ3) is 3.66. The van der Waals surface area contributed by atoms with Gasteiger partial charge >= 0.3 is 0 Å². The van der Waals surface area contributed by atoms with Gasteiger partial charge in [0.05, 0.1) is 11.7 Å². The van der Waals surface area contributed by atoms with Gasteiger partial charge in [0.15, 0.2) is 5.12 Å². The summed E-state index contributed by atoms with van der Waals surface area (Å²) in [5.74, 6) is -3.12. The molecule has 1 aromatic rings. The summed E-state index contributed by atoms with van der Waals surface area (Å²) >= 11 is 0.734. The Labute approximate surface area is 106 Å². The van der Waals surface area contributed by atoms with Gasteiger partial charge in [0.2, 0.25) is 0 Å². The quantitative estimate of drug-likeness (QED) is 0.775. The van der Waals surface area contributed by atoms with Gasteiger partial charge in [0, 0.05) is 24.8 Å². The fourth-order valence-electron chi connectivity index (χ4n) is 1.34. The van der Waals surface area contributed by atoms with E-state index < -0.39 is 35.2 Å². The molecule has 7 heteroatoms. The van der Waals surface area contributed by atoms with Crippen LogP contribution in [-0.4, -0.2) is 32.3 Å². The predicted octanol–water partition coefficient (Wildman–Crippen LogP) is 1.34. The first-order valence-corrected chi connectivity index (χ1v) is 5.99. The van der Waals surface area contributed by atoms with Crippen LogP contribution in [0.25, 0.3) is 0 Å². The van der Waals surface area contributed by atoms with E-state index >= 15 is 0 Å². The van der Waals surface area contributed by atoms with Crippen LogP contribution in [0.15, 0.2) is 12.1 Å². The molecule has 0 fully saturated rings. The third-order valence-corrected chi connectivity index (χ3v) is 3.10. The van der Waals surface area contributed by atoms with Crippen LogP contribution in [0, 0.1) is 11.6 Å². The number of phenols is 1. The first-order chi connectivity index (χ1) is 8.32. The van der Waals surface area contributed by atoms with Crippen LogP contribution in [0.2, 0.25) is 0 Å². The van der Waals surface area contributed by atoms with Crippen molar-refractivity contribution in [1.29, 1.82) is 0 Å². The Hall–Kier alpha value is -1.18. The van der Waals surface area contributed by atoms with Gasteiger partial charge < -0.3 is 15.3 Å². The van der Waals surface area contributed by atoms with Crippen molar-refractivity contribution in [2.24, 2.45) is 0 Å². The third-order valence-electron chi connectivity index (χ3n) is 2.18. The topological polar surface area (TPSA) is 77.8 Å². The molecule has 3 N–H and O–H groups in total. The molecule has 0 heterocycles. The van der Waals surface area contributed by atoms with E-state index in [1.165, 1.54) is 6.92 Å². The summed E-state index contributed by atoms with van der Waals surface area (Å²) in [7, 11) is 0. The van der Waals surface area contributed by atoms with E-state index in [4.69, 9.17) is 5.11 Å². The average molecular weight is 278 g/mol. The molecule has 0 aromatic heterocycles. The molecule has 0 saturated heterocycles. The Morgan fingerprint density at radius 3 is 2.28 bits per heavy atom. The van der Waals surface area contributed by atoms with E-state index in [-0.39, 0.29) is 10.9 Å². The zero-order chi connectivity index (χ0) is 13.9. The van der Waals surface area contributed by atoms with Crippen LogP contribution in [-0.2, 0) is 4.79 Å². The average Bonchev–Trinajstić information content (AvgIpc) is 2.24. The Kier molecular flexibility index (Phi) is 5.06. The lowest BCUT2D eigenvalue weighted by Gasteiger charge is -2.18. The molecule has 0 bridgehead atoms. The molecule has 1 aromatic carbocycles. The zero-order valence-corrected chi connectivity index (χ0v) is 10.2. The molecule has 100 valence electrons. The van der Waals surface area contributed by atoms with Crippen LogP contribution >= 0.6 is 11.8 Å². The molecule has 0 amide bonds. The summed E-state index contributed by atoms with van der Waals surface area (Å²) in [5, 5.41) is 27.8. The number of benzene rings is 1. The van der Waals surface area contributed by atoms with Crippen molar-refractivity contribution in [3.8, 4) is 5.75 Å². The van der Waals surface area contributed by atoms with Crippen molar-refractivity contribution >= 4 is 16.9 Å². The molecule has 1 rings (SSSR count). The highest BCUT2D eigenvalue weighted by atomic mass is 32.2. The van der Waals surface area contributed by atoms with Crippen LogP contribution in [0.1, 0.15) is 18.6 Å². The lowest BCUT2D eigenvalue weighted by atomic mass is 10.0. The second kappa shape index (κ2) is 6.12. The lowest BCUT2D eigenvalue weighted by molar-refractivity contribution is -0.109. The number of hydrogen-bond donors (Lipinski definition) is 3. The number of carbonyl (C=O) groups excluding carboxylic acids is 1. The maximum Gasteiger partial charge on any atom is 0.185 e. The molecule has 4 nitrogen and oxygen atoms in total. The number of rotatable bonds is 4. The Morgan fingerprint density at radius 2 is 1.83 bits per heavy atom. The molecule has 0 spiro atoms. The Balaban J connectivity index is 2.89. The normalized spacial score (nSPS) is 14.3. The second-order valence-corrected chi connectivity index (χ2v) is 4.83. The number of thioether (sulfide) groups is 1. The first-order valence-electron chi connectivity index (χ1n) is 5.00. The van der Waals surface area contributed by atoms with Crippen molar-refractivity contribution in [3.05, 3.63) is 29.3 Å². The van der Waals surface area contributed by atoms with Gasteiger partial charge in [-0.15, -0.1) is 0 Å². The van der Waals surface area contributed by atoms with E-state index in [0.29, 0.717) is 12.1 Å². The summed E-state index contributed by atoms with van der Waals surface area (Å²) in [6.07, 6.45) is -3.30. The van der Waals surface area contributed by atoms with Gasteiger partial charge in [-0.2, -0.15) is 0 Å². The Bertz CT molecular complexity index is 430. The number of aromatic hydroxyl groups is 1. The van der Waals surface area contributed by atoms with Gasteiger partial charge in [-0.1, -0.05) is 11.8 Å². The lowest BCUT2D eigenvalue weighted by Crippen LogP contribution is -2.23. The highest BCUT2D eigenvalue weighted by molar-refractivity contribution is 8.13. The Morgan fingerprint density at radius 1 is 1.33 bits per heavy atom. The first kappa shape index (κ1) is 14.9. The number of halogens is 2. The second-order valence-electron chi connectivity index (χ2n) is 3.64. The van der Waals surface area contributed by atoms with Crippen molar-refractivity contribution < 1.29 is 28.9 Å². The fraction of sp³-hybridized carbons (Fsp3) is 0.364. The van der Waals surface area contributed by atoms with Gasteiger partial charge in [-0.05, 0) is 0 Å². The molecule has 2 unspecified atom stereocenters. The maximum atomic E-state index is 13.4. The standard InChI is InChI=1S/C11H12F2O4S/c1-5(14)18-4-9(16)11(17)10-7(12)2-6(15)3-8(10)13/h2-3,9,11,15-17H,4H2,1H3. The largest absolute Gasteiger partial charge is 0.508 e. The summed E-state index contributed by atoms with van der Waals surface area (Å²) in [5.41, 5.74) is -0.732. The van der Waals surface area contributed by atoms with Crippen molar-refractivity contribution in [2.45, 2.75) is 19.1 Å². The SMILES string of the molecule is CC(=O)SCC(O)C(O)c1c(F)cc(O)cc1F. The number of carbonyl (C=O) groups is 1. The smallest absolute Gasteiger partial charge is 0.185 e. The van der Waals surface area contributed by atoms with Crippen molar-refractivity contribution in [2.75, 3.05) is 5.75 Å². The van der Waals surface area contributed by atoms with Crippen LogP contribution in [0.4, 0.5) is 8.78 Å². The van der Waals surface area contributed by atoms with Gasteiger partial charge in [-0.3, -0.25) is 4.79 Å². The minimum Gasteiger partial charge on any atom is -0.508 e. The highest BCUT2D eigenvalue weighted by Crippen LogP contribution is 2.28. The van der Waals surface area contributed by atoms with Crippen LogP contribution in [0.3, 0.4) is 0 Å². The number of hydrogen-bond acceptors (Lipinski definition) is 5. The summed E-state index contributed by atoms with van der Waals surface area (Å²) in [6.45, 7) is 1.27. The summed E-state index contributed by atoms with van der Waals surface area (Å²) in [4.78, 5) is 10.7. The monoisotopic (exact) mass is 278 g/mol. The molecule has 18 heavy (non-hydrogen) atoms. The van der Waals surface area contributed by atoms with E-state index in [1.807, 2.05) is 0 Å². The number of aliphatic hydroxyl groups excluding tert-OH is 2. The van der Waals surface area contributed by atoms with Gasteiger partial charge in [-0.25, -0.2) is 8.78 Å². The number of aliphatic hydroxyl groups is 2.